The number of hydrogen-bond donors (Lipinski definition) is 0. The van der Waals surface area contributed by atoms with Gasteiger partial charge < -0.3 is 9.64 Å². The Bertz CT molecular complexity index is 437. The van der Waals surface area contributed by atoms with E-state index in [2.05, 4.69) is 4.74 Å². The van der Waals surface area contributed by atoms with Crippen molar-refractivity contribution in [2.45, 2.75) is 6.92 Å². The molecule has 0 unspecified atom stereocenters. The van der Waals surface area contributed by atoms with E-state index in [0.717, 1.165) is 4.88 Å². The van der Waals surface area contributed by atoms with E-state index in [9.17, 15) is 9.59 Å². The number of nitrogens with zero attached hydrogens (tertiary/aromatic N) is 1. The lowest BCUT2D eigenvalue weighted by Crippen LogP contribution is -2.31. The molecule has 0 aliphatic rings. The predicted octanol–water partition coefficient (Wildman–Crippen LogP) is 1.70. The molecular weight excluding hydrogens is 238 g/mol. The van der Waals surface area contributed by atoms with Crippen LogP contribution in [0.2, 0.25) is 0 Å². The second-order valence-electron chi connectivity index (χ2n) is 3.55. The van der Waals surface area contributed by atoms with Gasteiger partial charge in [-0.2, -0.15) is 0 Å². The van der Waals surface area contributed by atoms with Gasteiger partial charge in [0.05, 0.1) is 7.11 Å². The van der Waals surface area contributed by atoms with Gasteiger partial charge in [0.1, 0.15) is 6.54 Å². The number of carbonyl (C=O) groups excluding carboxylic acids is 2. The van der Waals surface area contributed by atoms with Gasteiger partial charge in [0.2, 0.25) is 5.91 Å². The molecule has 0 bridgehead atoms. The van der Waals surface area contributed by atoms with Crippen LogP contribution < -0.4 is 0 Å². The highest BCUT2D eigenvalue weighted by atomic mass is 32.1. The third-order valence-corrected chi connectivity index (χ3v) is 3.09. The predicted molar refractivity (Wildman–Crippen MR) is 67.7 cm³/mol. The Morgan fingerprint density at radius 3 is 2.71 bits per heavy atom. The summed E-state index contributed by atoms with van der Waals surface area (Å²) >= 11 is 1.61. The molecule has 92 valence electrons. The number of thiophene rings is 1. The van der Waals surface area contributed by atoms with Crippen molar-refractivity contribution in [3.63, 3.8) is 0 Å². The molecule has 5 heteroatoms. The molecular formula is C12H15NO3S. The summed E-state index contributed by atoms with van der Waals surface area (Å²) in [5, 5.41) is 0. The second kappa shape index (κ2) is 6.20. The molecule has 0 saturated carbocycles. The van der Waals surface area contributed by atoms with Crippen molar-refractivity contribution in [1.82, 2.24) is 4.90 Å². The lowest BCUT2D eigenvalue weighted by atomic mass is 10.3. The molecule has 0 aromatic carbocycles. The number of methoxy groups -OCH3 is 1. The van der Waals surface area contributed by atoms with Crippen molar-refractivity contribution < 1.29 is 14.3 Å². The molecule has 0 atom stereocenters. The van der Waals surface area contributed by atoms with E-state index in [0.29, 0.717) is 0 Å². The smallest absolute Gasteiger partial charge is 0.325 e. The molecule has 0 fully saturated rings. The van der Waals surface area contributed by atoms with Gasteiger partial charge >= 0.3 is 5.97 Å². The number of amides is 1. The number of esters is 1. The Morgan fingerprint density at radius 2 is 2.18 bits per heavy atom. The Kier molecular flexibility index (Phi) is 4.90. The molecule has 0 saturated heterocycles. The van der Waals surface area contributed by atoms with Crippen LogP contribution in [-0.2, 0) is 14.3 Å². The number of hydrogen-bond acceptors (Lipinski definition) is 4. The average molecular weight is 253 g/mol. The van der Waals surface area contributed by atoms with Crippen molar-refractivity contribution in [3.8, 4) is 0 Å². The molecule has 0 spiro atoms. The Hall–Kier alpha value is -1.62. The fourth-order valence-corrected chi connectivity index (χ4v) is 1.94. The van der Waals surface area contributed by atoms with Gasteiger partial charge in [0, 0.05) is 22.9 Å². The van der Waals surface area contributed by atoms with Crippen molar-refractivity contribution in [1.29, 1.82) is 0 Å². The standard InChI is InChI=1S/C12H15NO3S/c1-9-4-5-10(17-9)6-7-11(14)13(2)8-12(15)16-3/h4-7H,8H2,1-3H3. The zero-order valence-corrected chi connectivity index (χ0v) is 10.9. The molecule has 0 aliphatic heterocycles. The molecule has 0 aliphatic carbocycles. The highest BCUT2D eigenvalue weighted by Gasteiger charge is 2.09. The van der Waals surface area contributed by atoms with Crippen LogP contribution in [0.25, 0.3) is 6.08 Å². The molecule has 1 amide bonds. The zero-order chi connectivity index (χ0) is 12.8. The summed E-state index contributed by atoms with van der Waals surface area (Å²) in [5.74, 6) is -0.650. The molecule has 1 aromatic heterocycles. The first-order valence-corrected chi connectivity index (χ1v) is 5.91. The van der Waals surface area contributed by atoms with Crippen LogP contribution in [0.4, 0.5) is 0 Å². The fourth-order valence-electron chi connectivity index (χ4n) is 1.16. The maximum atomic E-state index is 11.6. The molecule has 4 nitrogen and oxygen atoms in total. The van der Waals surface area contributed by atoms with Gasteiger partial charge in [-0.25, -0.2) is 0 Å². The van der Waals surface area contributed by atoms with Crippen LogP contribution in [0.1, 0.15) is 9.75 Å². The largest absolute Gasteiger partial charge is 0.468 e. The number of ether oxygens (including phenoxy) is 1. The number of rotatable bonds is 4. The van der Waals surface area contributed by atoms with E-state index < -0.39 is 5.97 Å². The number of aryl methyl sites for hydroxylation is 1. The Labute approximate surface area is 104 Å². The van der Waals surface area contributed by atoms with E-state index in [1.54, 1.807) is 24.5 Å². The van der Waals surface area contributed by atoms with E-state index in [4.69, 9.17) is 0 Å². The minimum absolute atomic E-state index is 0.0386. The number of likely N-dealkylation sites (N-methyl/N-ethyl adjacent to an activating group) is 1. The van der Waals surface area contributed by atoms with E-state index in [1.807, 2.05) is 19.1 Å². The third-order valence-electron chi connectivity index (χ3n) is 2.12. The van der Waals surface area contributed by atoms with Gasteiger partial charge in [0.25, 0.3) is 0 Å². The molecule has 1 aromatic rings. The van der Waals surface area contributed by atoms with Crippen molar-refractivity contribution in [3.05, 3.63) is 28.0 Å². The maximum Gasteiger partial charge on any atom is 0.325 e. The molecule has 1 rings (SSSR count). The maximum absolute atomic E-state index is 11.6. The van der Waals surface area contributed by atoms with E-state index in [1.165, 1.54) is 23.0 Å². The quantitative estimate of drug-likeness (QED) is 0.606. The highest BCUT2D eigenvalue weighted by molar-refractivity contribution is 7.12. The topological polar surface area (TPSA) is 46.6 Å². The summed E-state index contributed by atoms with van der Waals surface area (Å²) in [6, 6.07) is 3.94. The second-order valence-corrected chi connectivity index (χ2v) is 4.87. The molecule has 17 heavy (non-hydrogen) atoms. The summed E-state index contributed by atoms with van der Waals surface area (Å²) in [6.45, 7) is 1.97. The van der Waals surface area contributed by atoms with Crippen LogP contribution in [0.15, 0.2) is 18.2 Å². The van der Waals surface area contributed by atoms with Crippen molar-refractivity contribution in [2.75, 3.05) is 20.7 Å². The monoisotopic (exact) mass is 253 g/mol. The van der Waals surface area contributed by atoms with Crippen molar-refractivity contribution in [2.24, 2.45) is 0 Å². The zero-order valence-electron chi connectivity index (χ0n) is 10.1. The van der Waals surface area contributed by atoms with Crippen LogP contribution >= 0.6 is 11.3 Å². The molecule has 0 radical (unpaired) electrons. The summed E-state index contributed by atoms with van der Waals surface area (Å²) in [6.07, 6.45) is 3.20. The van der Waals surface area contributed by atoms with Crippen LogP contribution in [0.5, 0.6) is 0 Å². The third kappa shape index (κ3) is 4.40. The summed E-state index contributed by atoms with van der Waals surface area (Å²) in [5.41, 5.74) is 0. The van der Waals surface area contributed by atoms with E-state index in [-0.39, 0.29) is 12.5 Å². The SMILES string of the molecule is COC(=O)CN(C)C(=O)C=Cc1ccc(C)s1. The van der Waals surface area contributed by atoms with Gasteiger partial charge in [-0.1, -0.05) is 0 Å². The Morgan fingerprint density at radius 1 is 1.47 bits per heavy atom. The Balaban J connectivity index is 2.54. The van der Waals surface area contributed by atoms with Crippen molar-refractivity contribution >= 4 is 29.3 Å². The van der Waals surface area contributed by atoms with Gasteiger partial charge in [-0.05, 0) is 25.1 Å². The normalized spacial score (nSPS) is 10.5. The first-order valence-electron chi connectivity index (χ1n) is 5.09. The minimum Gasteiger partial charge on any atom is -0.468 e. The fraction of sp³-hybridized carbons (Fsp3) is 0.333. The highest BCUT2D eigenvalue weighted by Crippen LogP contribution is 2.16. The van der Waals surface area contributed by atoms with Gasteiger partial charge in [0.15, 0.2) is 0 Å². The van der Waals surface area contributed by atoms with Crippen LogP contribution in [-0.4, -0.2) is 37.5 Å². The van der Waals surface area contributed by atoms with E-state index >= 15 is 0 Å². The van der Waals surface area contributed by atoms with Crippen LogP contribution in [0, 0.1) is 6.92 Å². The first-order chi connectivity index (χ1) is 8.02. The lowest BCUT2D eigenvalue weighted by Gasteiger charge is -2.12. The summed E-state index contributed by atoms with van der Waals surface area (Å²) in [4.78, 5) is 26.1. The van der Waals surface area contributed by atoms with Gasteiger partial charge in [-0.15, -0.1) is 11.3 Å². The first kappa shape index (κ1) is 13.4. The van der Waals surface area contributed by atoms with Gasteiger partial charge in [-0.3, -0.25) is 9.59 Å². The molecule has 1 heterocycles. The number of carbonyl (C=O) groups is 2. The van der Waals surface area contributed by atoms with Crippen LogP contribution in [0.3, 0.4) is 0 Å². The summed E-state index contributed by atoms with van der Waals surface area (Å²) in [7, 11) is 2.86. The molecule has 0 N–H and O–H groups in total. The lowest BCUT2D eigenvalue weighted by molar-refractivity contribution is -0.144. The summed E-state index contributed by atoms with van der Waals surface area (Å²) < 4.78 is 4.48. The minimum atomic E-state index is -0.429. The average Bonchev–Trinajstić information content (AvgIpc) is 2.71.